The van der Waals surface area contributed by atoms with Gasteiger partial charge in [0.1, 0.15) is 0 Å². The van der Waals surface area contributed by atoms with E-state index in [9.17, 15) is 0 Å². The molecule has 1 aromatic carbocycles. The minimum absolute atomic E-state index is 0. The van der Waals surface area contributed by atoms with Gasteiger partial charge in [0.2, 0.25) is 5.89 Å². The second-order valence-electron chi connectivity index (χ2n) is 5.14. The van der Waals surface area contributed by atoms with E-state index in [2.05, 4.69) is 20.3 Å². The molecule has 0 fully saturated rings. The molecule has 0 saturated carbocycles. The number of nitrogens with zero attached hydrogens (tertiary/aromatic N) is 3. The van der Waals surface area contributed by atoms with E-state index in [1.165, 1.54) is 0 Å². The third kappa shape index (κ3) is 4.26. The van der Waals surface area contributed by atoms with E-state index in [0.29, 0.717) is 17.1 Å². The van der Waals surface area contributed by atoms with Crippen molar-refractivity contribution in [1.29, 1.82) is 0 Å². The molecule has 25 heavy (non-hydrogen) atoms. The van der Waals surface area contributed by atoms with Crippen LogP contribution in [0.4, 0.5) is 5.69 Å². The van der Waals surface area contributed by atoms with Crippen molar-refractivity contribution in [3.05, 3.63) is 72.7 Å². The summed E-state index contributed by atoms with van der Waals surface area (Å²) in [5.41, 5.74) is 4.42. The summed E-state index contributed by atoms with van der Waals surface area (Å²) in [4.78, 5) is 12.7. The number of pyridine rings is 2. The number of aromatic nitrogens is 3. The van der Waals surface area contributed by atoms with Gasteiger partial charge in [-0.3, -0.25) is 4.98 Å². The van der Waals surface area contributed by atoms with E-state index in [-0.39, 0.29) is 24.8 Å². The number of nitrogens with one attached hydrogen (secondary N) is 1. The Hall–Kier alpha value is -2.63. The third-order valence-corrected chi connectivity index (χ3v) is 3.52. The highest BCUT2D eigenvalue weighted by Gasteiger charge is 2.08. The molecule has 0 spiro atoms. The number of hydrogen-bond donors (Lipinski definition) is 1. The van der Waals surface area contributed by atoms with Crippen molar-refractivity contribution in [2.45, 2.75) is 6.54 Å². The largest absolute Gasteiger partial charge is 0.434 e. The van der Waals surface area contributed by atoms with Crippen LogP contribution in [0.1, 0.15) is 5.56 Å². The zero-order chi connectivity index (χ0) is 15.5. The van der Waals surface area contributed by atoms with Crippen LogP contribution in [-0.4, -0.2) is 15.0 Å². The van der Waals surface area contributed by atoms with Crippen LogP contribution in [0.3, 0.4) is 0 Å². The zero-order valence-corrected chi connectivity index (χ0v) is 14.8. The predicted molar refractivity (Wildman–Crippen MR) is 103 cm³/mol. The first-order valence-corrected chi connectivity index (χ1v) is 7.33. The highest BCUT2D eigenvalue weighted by atomic mass is 35.5. The summed E-state index contributed by atoms with van der Waals surface area (Å²) >= 11 is 0. The van der Waals surface area contributed by atoms with E-state index in [4.69, 9.17) is 4.42 Å². The van der Waals surface area contributed by atoms with Gasteiger partial charge in [-0.05, 0) is 48.0 Å². The molecular formula is C18H16Cl2N4O. The molecule has 0 aliphatic rings. The normalized spacial score (nSPS) is 9.92. The lowest BCUT2D eigenvalue weighted by Crippen LogP contribution is -1.99. The number of fused-ring (bicyclic) bond motifs is 1. The lowest BCUT2D eigenvalue weighted by molar-refractivity contribution is 0.619. The fourth-order valence-electron chi connectivity index (χ4n) is 2.33. The molecule has 4 rings (SSSR count). The average molecular weight is 375 g/mol. The highest BCUT2D eigenvalue weighted by molar-refractivity contribution is 5.85. The van der Waals surface area contributed by atoms with Crippen LogP contribution in [0.15, 0.2) is 71.5 Å². The van der Waals surface area contributed by atoms with Gasteiger partial charge in [0.25, 0.3) is 0 Å². The standard InChI is InChI=1S/C18H14N4O.2ClH/c1-3-13(11-19-9-1)12-21-15-7-5-14(6-8-15)18-22-17-16(23-18)4-2-10-20-17;;/h1-11,21H,12H2;2*1H. The van der Waals surface area contributed by atoms with Gasteiger partial charge < -0.3 is 9.73 Å². The Bertz CT molecular complexity index is 894. The zero-order valence-electron chi connectivity index (χ0n) is 13.1. The predicted octanol–water partition coefficient (Wildman–Crippen LogP) is 4.74. The third-order valence-electron chi connectivity index (χ3n) is 3.52. The second-order valence-corrected chi connectivity index (χ2v) is 5.14. The molecule has 0 unspecified atom stereocenters. The molecule has 3 aromatic heterocycles. The molecule has 128 valence electrons. The Balaban J connectivity index is 0.00000113. The maximum Gasteiger partial charge on any atom is 0.228 e. The first-order valence-electron chi connectivity index (χ1n) is 7.33. The number of oxazole rings is 1. The van der Waals surface area contributed by atoms with Gasteiger partial charge in [-0.2, -0.15) is 4.98 Å². The molecule has 3 heterocycles. The van der Waals surface area contributed by atoms with Crippen LogP contribution in [0.2, 0.25) is 0 Å². The van der Waals surface area contributed by atoms with Crippen LogP contribution in [-0.2, 0) is 6.54 Å². The SMILES string of the molecule is Cl.Cl.c1cncc(CNc2ccc(-c3nc4ncccc4o3)cc2)c1. The summed E-state index contributed by atoms with van der Waals surface area (Å²) in [5, 5.41) is 3.36. The van der Waals surface area contributed by atoms with Crippen molar-refractivity contribution in [3.63, 3.8) is 0 Å². The highest BCUT2D eigenvalue weighted by Crippen LogP contribution is 2.24. The Kier molecular flexibility index (Phi) is 6.33. The number of anilines is 1. The minimum Gasteiger partial charge on any atom is -0.434 e. The summed E-state index contributed by atoms with van der Waals surface area (Å²) in [6.07, 6.45) is 5.33. The van der Waals surface area contributed by atoms with Crippen LogP contribution in [0, 0.1) is 0 Å². The summed E-state index contributed by atoms with van der Waals surface area (Å²) in [6.45, 7) is 0.736. The Labute approximate surface area is 157 Å². The van der Waals surface area contributed by atoms with Crippen molar-refractivity contribution in [3.8, 4) is 11.5 Å². The minimum atomic E-state index is 0. The first-order chi connectivity index (χ1) is 11.4. The van der Waals surface area contributed by atoms with Gasteiger partial charge in [0.15, 0.2) is 11.2 Å². The fraction of sp³-hybridized carbons (Fsp3) is 0.0556. The maximum absolute atomic E-state index is 5.72. The van der Waals surface area contributed by atoms with Crippen molar-refractivity contribution in [2.24, 2.45) is 0 Å². The molecule has 0 bridgehead atoms. The average Bonchev–Trinajstić information content (AvgIpc) is 3.05. The van der Waals surface area contributed by atoms with Gasteiger partial charge in [0.05, 0.1) is 0 Å². The summed E-state index contributed by atoms with van der Waals surface area (Å²) in [7, 11) is 0. The molecule has 4 aromatic rings. The van der Waals surface area contributed by atoms with E-state index in [1.807, 2.05) is 54.7 Å². The number of halogens is 2. The van der Waals surface area contributed by atoms with Crippen LogP contribution in [0.5, 0.6) is 0 Å². The van der Waals surface area contributed by atoms with E-state index in [1.54, 1.807) is 12.4 Å². The lowest BCUT2D eigenvalue weighted by Gasteiger charge is -2.06. The maximum atomic E-state index is 5.72. The van der Waals surface area contributed by atoms with Gasteiger partial charge in [-0.1, -0.05) is 6.07 Å². The van der Waals surface area contributed by atoms with Gasteiger partial charge >= 0.3 is 0 Å². The quantitative estimate of drug-likeness (QED) is 0.558. The molecular weight excluding hydrogens is 359 g/mol. The Morgan fingerprint density at radius 1 is 0.920 bits per heavy atom. The molecule has 0 radical (unpaired) electrons. The monoisotopic (exact) mass is 374 g/mol. The second kappa shape index (κ2) is 8.46. The van der Waals surface area contributed by atoms with Gasteiger partial charge in [0, 0.05) is 36.4 Å². The van der Waals surface area contributed by atoms with E-state index >= 15 is 0 Å². The number of rotatable bonds is 4. The molecule has 7 heteroatoms. The summed E-state index contributed by atoms with van der Waals surface area (Å²) in [6, 6.07) is 15.7. The van der Waals surface area contributed by atoms with E-state index in [0.717, 1.165) is 23.4 Å². The molecule has 5 nitrogen and oxygen atoms in total. The first kappa shape index (κ1) is 18.7. The van der Waals surface area contributed by atoms with Crippen molar-refractivity contribution < 1.29 is 4.42 Å². The van der Waals surface area contributed by atoms with Gasteiger partial charge in [-0.25, -0.2) is 4.98 Å². The van der Waals surface area contributed by atoms with Crippen LogP contribution < -0.4 is 5.32 Å². The van der Waals surface area contributed by atoms with Crippen LogP contribution >= 0.6 is 24.8 Å². The van der Waals surface area contributed by atoms with Crippen LogP contribution in [0.25, 0.3) is 22.7 Å². The molecule has 0 aliphatic heterocycles. The number of hydrogen-bond acceptors (Lipinski definition) is 5. The van der Waals surface area contributed by atoms with Crippen molar-refractivity contribution in [2.75, 3.05) is 5.32 Å². The molecule has 0 aliphatic carbocycles. The van der Waals surface area contributed by atoms with Crippen molar-refractivity contribution in [1.82, 2.24) is 15.0 Å². The molecule has 0 atom stereocenters. The van der Waals surface area contributed by atoms with Crippen molar-refractivity contribution >= 4 is 41.7 Å². The molecule has 0 amide bonds. The van der Waals surface area contributed by atoms with E-state index < -0.39 is 0 Å². The smallest absolute Gasteiger partial charge is 0.228 e. The summed E-state index contributed by atoms with van der Waals surface area (Å²) in [5.74, 6) is 0.581. The fourth-order valence-corrected chi connectivity index (χ4v) is 2.33. The topological polar surface area (TPSA) is 63.8 Å². The Morgan fingerprint density at radius 3 is 2.44 bits per heavy atom. The lowest BCUT2D eigenvalue weighted by atomic mass is 10.2. The molecule has 1 N–H and O–H groups in total. The molecule has 0 saturated heterocycles. The van der Waals surface area contributed by atoms with Gasteiger partial charge in [-0.15, -0.1) is 24.8 Å². The summed E-state index contributed by atoms with van der Waals surface area (Å²) < 4.78 is 5.72. The Morgan fingerprint density at radius 2 is 1.72 bits per heavy atom. The number of benzene rings is 1.